The van der Waals surface area contributed by atoms with Gasteiger partial charge in [-0.2, -0.15) is 0 Å². The van der Waals surface area contributed by atoms with E-state index in [2.05, 4.69) is 13.2 Å². The lowest BCUT2D eigenvalue weighted by atomic mass is 10.5. The zero-order valence-corrected chi connectivity index (χ0v) is 19.4. The first-order valence-electron chi connectivity index (χ1n) is 10.7. The van der Waals surface area contributed by atoms with Gasteiger partial charge >= 0.3 is 29.0 Å². The van der Waals surface area contributed by atoms with Gasteiger partial charge in [-0.05, 0) is 0 Å². The molecule has 1 heterocycles. The number of aliphatic hydroxyl groups excluding tert-OH is 1. The fourth-order valence-corrected chi connectivity index (χ4v) is 2.61. The number of esters is 2. The van der Waals surface area contributed by atoms with E-state index in [0.717, 1.165) is 25.9 Å². The largest absolute Gasteiger partial charge is 0.460 e. The number of rotatable bonds is 19. The van der Waals surface area contributed by atoms with Gasteiger partial charge in [0.15, 0.2) is 0 Å². The Morgan fingerprint density at radius 1 is 0.629 bits per heavy atom. The zero-order chi connectivity index (χ0) is 26.1. The summed E-state index contributed by atoms with van der Waals surface area (Å²) >= 11 is 0. The van der Waals surface area contributed by atoms with Gasteiger partial charge in [0, 0.05) is 12.2 Å². The maximum absolute atomic E-state index is 12.8. The second-order valence-electron chi connectivity index (χ2n) is 6.61. The Morgan fingerprint density at radius 2 is 0.971 bits per heavy atom. The van der Waals surface area contributed by atoms with E-state index in [1.165, 1.54) is 0 Å². The van der Waals surface area contributed by atoms with Crippen molar-refractivity contribution in [2.24, 2.45) is 0 Å². The van der Waals surface area contributed by atoms with E-state index in [-0.39, 0.29) is 79.1 Å². The molecule has 0 bridgehead atoms. The minimum Gasteiger partial charge on any atom is -0.460 e. The fourth-order valence-electron chi connectivity index (χ4n) is 2.61. The first-order chi connectivity index (χ1) is 16.9. The Hall–Kier alpha value is -3.33. The number of carbonyl (C=O) groups is 2. The summed E-state index contributed by atoms with van der Waals surface area (Å²) < 4.78 is 27.7. The molecular formula is C21H31N3O11. The average Bonchev–Trinajstić information content (AvgIpc) is 2.85. The smallest absolute Gasteiger partial charge is 0.336 e. The Morgan fingerprint density at radius 3 is 1.29 bits per heavy atom. The van der Waals surface area contributed by atoms with Crippen molar-refractivity contribution in [3.05, 3.63) is 56.8 Å². The van der Waals surface area contributed by atoms with Gasteiger partial charge in [-0.1, -0.05) is 13.2 Å². The van der Waals surface area contributed by atoms with Crippen LogP contribution in [-0.4, -0.2) is 90.2 Å². The van der Waals surface area contributed by atoms with E-state index < -0.39 is 29.0 Å². The quantitative estimate of drug-likeness (QED) is 0.123. The molecule has 0 atom stereocenters. The lowest BCUT2D eigenvalue weighted by Crippen LogP contribution is -2.55. The lowest BCUT2D eigenvalue weighted by Gasteiger charge is -2.14. The molecule has 0 saturated carbocycles. The van der Waals surface area contributed by atoms with Crippen LogP contribution in [0, 0.1) is 0 Å². The molecule has 1 N–H and O–H groups in total. The summed E-state index contributed by atoms with van der Waals surface area (Å²) in [6.45, 7) is 5.68. The highest BCUT2D eigenvalue weighted by atomic mass is 16.6. The average molecular weight is 501 g/mol. The molecule has 0 aliphatic heterocycles. The zero-order valence-electron chi connectivity index (χ0n) is 19.4. The van der Waals surface area contributed by atoms with Crippen LogP contribution in [0.5, 0.6) is 0 Å². The van der Waals surface area contributed by atoms with E-state index in [0.29, 0.717) is 0 Å². The molecule has 0 aliphatic rings. The van der Waals surface area contributed by atoms with Crippen molar-refractivity contribution in [3.63, 3.8) is 0 Å². The molecule has 14 nitrogen and oxygen atoms in total. The monoisotopic (exact) mass is 501 g/mol. The van der Waals surface area contributed by atoms with Crippen molar-refractivity contribution >= 4 is 11.9 Å². The summed E-state index contributed by atoms with van der Waals surface area (Å²) in [6, 6.07) is 0. The molecule has 196 valence electrons. The van der Waals surface area contributed by atoms with Crippen molar-refractivity contribution in [3.8, 4) is 0 Å². The highest BCUT2D eigenvalue weighted by Crippen LogP contribution is 1.86. The molecule has 14 heteroatoms. The SMILES string of the molecule is C=CC(=O)OCCOCCn1c(=O)n(CCOCCO)c(=O)n(CCOCCOC(=O)C=C)c1=O. The molecule has 0 saturated heterocycles. The van der Waals surface area contributed by atoms with Crippen molar-refractivity contribution in [2.75, 3.05) is 59.5 Å². The topological polar surface area (TPSA) is 167 Å². The van der Waals surface area contributed by atoms with Crippen molar-refractivity contribution < 1.29 is 38.4 Å². The second kappa shape index (κ2) is 17.2. The third kappa shape index (κ3) is 10.6. The van der Waals surface area contributed by atoms with Gasteiger partial charge in [0.1, 0.15) is 13.2 Å². The molecule has 1 rings (SSSR count). The van der Waals surface area contributed by atoms with Crippen LogP contribution < -0.4 is 17.1 Å². The highest BCUT2D eigenvalue weighted by Gasteiger charge is 2.15. The summed E-state index contributed by atoms with van der Waals surface area (Å²) in [5.74, 6) is -1.21. The molecule has 0 spiro atoms. The molecule has 0 aromatic carbocycles. The van der Waals surface area contributed by atoms with Gasteiger partial charge in [-0.25, -0.2) is 37.7 Å². The maximum atomic E-state index is 12.8. The van der Waals surface area contributed by atoms with Crippen LogP contribution in [0.2, 0.25) is 0 Å². The van der Waals surface area contributed by atoms with Crippen molar-refractivity contribution in [1.29, 1.82) is 0 Å². The summed E-state index contributed by atoms with van der Waals surface area (Å²) in [5.41, 5.74) is -2.54. The van der Waals surface area contributed by atoms with Crippen LogP contribution >= 0.6 is 0 Å². The Kier molecular flexibility index (Phi) is 14.6. The van der Waals surface area contributed by atoms with Gasteiger partial charge in [0.05, 0.1) is 65.9 Å². The van der Waals surface area contributed by atoms with E-state index in [1.807, 2.05) is 0 Å². The summed E-state index contributed by atoms with van der Waals surface area (Å²) in [4.78, 5) is 60.3. The molecular weight excluding hydrogens is 470 g/mol. The number of hydrogen-bond acceptors (Lipinski definition) is 11. The summed E-state index contributed by atoms with van der Waals surface area (Å²) in [5, 5.41) is 8.81. The summed E-state index contributed by atoms with van der Waals surface area (Å²) in [6.07, 6.45) is 2.01. The maximum Gasteiger partial charge on any atom is 0.336 e. The molecule has 0 unspecified atom stereocenters. The molecule has 0 amide bonds. The second-order valence-corrected chi connectivity index (χ2v) is 6.61. The van der Waals surface area contributed by atoms with Crippen LogP contribution in [0.1, 0.15) is 0 Å². The van der Waals surface area contributed by atoms with Gasteiger partial charge in [-0.3, -0.25) is 0 Å². The van der Waals surface area contributed by atoms with Crippen LogP contribution in [0.15, 0.2) is 39.7 Å². The fraction of sp³-hybridized carbons (Fsp3) is 0.571. The van der Waals surface area contributed by atoms with E-state index in [4.69, 9.17) is 28.8 Å². The predicted molar refractivity (Wildman–Crippen MR) is 121 cm³/mol. The number of nitrogens with zero attached hydrogens (tertiary/aromatic N) is 3. The number of hydrogen-bond donors (Lipinski definition) is 1. The van der Waals surface area contributed by atoms with Gasteiger partial charge in [0.25, 0.3) is 0 Å². The molecule has 0 radical (unpaired) electrons. The van der Waals surface area contributed by atoms with Gasteiger partial charge in [0.2, 0.25) is 0 Å². The highest BCUT2D eigenvalue weighted by molar-refractivity contribution is 5.81. The van der Waals surface area contributed by atoms with Crippen LogP contribution in [-0.2, 0) is 52.9 Å². The standard InChI is InChI=1S/C21H31N3O11/c1-3-17(26)34-15-13-32-10-6-23-19(28)22(5-9-31-12-8-25)20(29)24(21(23)30)7-11-33-14-16-35-18(27)4-2/h3-4,25H,1-2,5-16H2. The van der Waals surface area contributed by atoms with E-state index in [9.17, 15) is 24.0 Å². The third-order valence-electron chi connectivity index (χ3n) is 4.28. The Balaban J connectivity index is 2.88. The molecule has 0 aliphatic carbocycles. The molecule has 1 aromatic rings. The number of aliphatic hydroxyl groups is 1. The van der Waals surface area contributed by atoms with Crippen LogP contribution in [0.3, 0.4) is 0 Å². The molecule has 35 heavy (non-hydrogen) atoms. The van der Waals surface area contributed by atoms with Gasteiger partial charge in [-0.15, -0.1) is 0 Å². The van der Waals surface area contributed by atoms with E-state index in [1.54, 1.807) is 0 Å². The van der Waals surface area contributed by atoms with Crippen molar-refractivity contribution in [1.82, 2.24) is 13.7 Å². The number of ether oxygens (including phenoxy) is 5. The molecule has 1 aromatic heterocycles. The minimum absolute atomic E-state index is 0.0249. The molecule has 0 fully saturated rings. The normalized spacial score (nSPS) is 10.7. The third-order valence-corrected chi connectivity index (χ3v) is 4.28. The van der Waals surface area contributed by atoms with Crippen LogP contribution in [0.25, 0.3) is 0 Å². The predicted octanol–water partition coefficient (Wildman–Crippen LogP) is -2.33. The summed E-state index contributed by atoms with van der Waals surface area (Å²) in [7, 11) is 0. The van der Waals surface area contributed by atoms with E-state index >= 15 is 0 Å². The number of carbonyl (C=O) groups excluding carboxylic acids is 2. The number of aromatic nitrogens is 3. The Bertz CT molecular complexity index is 939. The Labute approximate surface area is 200 Å². The van der Waals surface area contributed by atoms with Crippen LogP contribution in [0.4, 0.5) is 0 Å². The van der Waals surface area contributed by atoms with Gasteiger partial charge < -0.3 is 28.8 Å². The van der Waals surface area contributed by atoms with Crippen molar-refractivity contribution in [2.45, 2.75) is 19.6 Å². The lowest BCUT2D eigenvalue weighted by molar-refractivity contribution is -0.140. The first kappa shape index (κ1) is 29.7. The first-order valence-corrected chi connectivity index (χ1v) is 10.7. The minimum atomic E-state index is -0.851.